The third-order valence-corrected chi connectivity index (χ3v) is 4.47. The van der Waals surface area contributed by atoms with Crippen LogP contribution in [0.1, 0.15) is 17.1 Å². The molecular formula is C15H15ClN4OS. The van der Waals surface area contributed by atoms with E-state index in [9.17, 15) is 4.79 Å². The van der Waals surface area contributed by atoms with Crippen LogP contribution in [0.4, 0.5) is 0 Å². The average molecular weight is 335 g/mol. The number of halogens is 1. The van der Waals surface area contributed by atoms with Gasteiger partial charge in [0.15, 0.2) is 0 Å². The second-order valence-electron chi connectivity index (χ2n) is 4.92. The van der Waals surface area contributed by atoms with E-state index in [2.05, 4.69) is 15.4 Å². The Morgan fingerprint density at radius 1 is 1.45 bits per heavy atom. The number of hydrogen-bond donors (Lipinski definition) is 1. The first kappa shape index (κ1) is 15.0. The van der Waals surface area contributed by atoms with Gasteiger partial charge < -0.3 is 5.32 Å². The third-order valence-electron chi connectivity index (χ3n) is 3.32. The van der Waals surface area contributed by atoms with E-state index >= 15 is 0 Å². The molecule has 0 fully saturated rings. The summed E-state index contributed by atoms with van der Waals surface area (Å²) in [5.74, 6) is -0.0173. The van der Waals surface area contributed by atoms with E-state index in [0.29, 0.717) is 24.5 Å². The molecule has 0 saturated carbocycles. The van der Waals surface area contributed by atoms with E-state index in [1.807, 2.05) is 30.5 Å². The summed E-state index contributed by atoms with van der Waals surface area (Å²) in [6.45, 7) is 2.94. The fourth-order valence-corrected chi connectivity index (χ4v) is 3.05. The maximum Gasteiger partial charge on any atom is 0.222 e. The van der Waals surface area contributed by atoms with Crippen LogP contribution in [0, 0.1) is 6.92 Å². The Labute approximate surface area is 136 Å². The van der Waals surface area contributed by atoms with Crippen molar-refractivity contribution in [3.63, 3.8) is 0 Å². The van der Waals surface area contributed by atoms with Crippen molar-refractivity contribution in [2.45, 2.75) is 26.4 Å². The molecular weight excluding hydrogens is 320 g/mol. The zero-order chi connectivity index (χ0) is 15.5. The molecule has 1 N–H and O–H groups in total. The van der Waals surface area contributed by atoms with Gasteiger partial charge >= 0.3 is 0 Å². The van der Waals surface area contributed by atoms with E-state index in [0.717, 1.165) is 21.6 Å². The first-order valence-electron chi connectivity index (χ1n) is 6.91. The van der Waals surface area contributed by atoms with Gasteiger partial charge in [0.2, 0.25) is 5.91 Å². The lowest BCUT2D eigenvalue weighted by Crippen LogP contribution is -2.24. The van der Waals surface area contributed by atoms with Gasteiger partial charge in [0.25, 0.3) is 0 Å². The number of benzene rings is 1. The number of thiazole rings is 1. The van der Waals surface area contributed by atoms with Crippen molar-refractivity contribution >= 4 is 39.7 Å². The number of fused-ring (bicyclic) bond motifs is 1. The molecule has 5 nitrogen and oxygen atoms in total. The molecule has 22 heavy (non-hydrogen) atoms. The van der Waals surface area contributed by atoms with Gasteiger partial charge in [-0.15, -0.1) is 11.3 Å². The number of aryl methyl sites for hydroxylation is 2. The topological polar surface area (TPSA) is 59.8 Å². The smallest absolute Gasteiger partial charge is 0.222 e. The van der Waals surface area contributed by atoms with Gasteiger partial charge in [-0.3, -0.25) is 9.48 Å². The van der Waals surface area contributed by atoms with Gasteiger partial charge in [-0.25, -0.2) is 4.98 Å². The van der Waals surface area contributed by atoms with Crippen LogP contribution >= 0.6 is 22.9 Å². The van der Waals surface area contributed by atoms with Crippen LogP contribution in [-0.4, -0.2) is 20.7 Å². The van der Waals surface area contributed by atoms with Gasteiger partial charge in [-0.2, -0.15) is 5.10 Å². The molecule has 0 radical (unpaired) electrons. The molecule has 0 aliphatic carbocycles. The standard InChI is InChI=1S/C15H15ClN4OS/c1-10-19-11(9-22-10)7-17-15(21)5-6-20-14-4-2-3-13(16)12(14)8-18-20/h2-4,8-9H,5-7H2,1H3,(H,17,21). The lowest BCUT2D eigenvalue weighted by Gasteiger charge is -2.05. The Balaban J connectivity index is 1.57. The number of nitrogens with one attached hydrogen (secondary N) is 1. The van der Waals surface area contributed by atoms with E-state index in [4.69, 9.17) is 11.6 Å². The average Bonchev–Trinajstić information content (AvgIpc) is 3.10. The summed E-state index contributed by atoms with van der Waals surface area (Å²) in [7, 11) is 0. The molecule has 0 atom stereocenters. The molecule has 1 aromatic carbocycles. The van der Waals surface area contributed by atoms with Gasteiger partial charge in [-0.1, -0.05) is 17.7 Å². The number of carbonyl (C=O) groups is 1. The second-order valence-corrected chi connectivity index (χ2v) is 6.39. The van der Waals surface area contributed by atoms with Crippen LogP contribution in [-0.2, 0) is 17.9 Å². The zero-order valence-electron chi connectivity index (χ0n) is 12.0. The normalized spacial score (nSPS) is 11.0. The van der Waals surface area contributed by atoms with Crippen LogP contribution in [0.15, 0.2) is 29.8 Å². The third kappa shape index (κ3) is 3.28. The van der Waals surface area contributed by atoms with Crippen molar-refractivity contribution in [1.29, 1.82) is 0 Å². The first-order chi connectivity index (χ1) is 10.6. The summed E-state index contributed by atoms with van der Waals surface area (Å²) in [6.07, 6.45) is 2.10. The molecule has 3 aromatic rings. The highest BCUT2D eigenvalue weighted by atomic mass is 35.5. The minimum Gasteiger partial charge on any atom is -0.350 e. The SMILES string of the molecule is Cc1nc(CNC(=O)CCn2ncc3c(Cl)cccc32)cs1. The molecule has 114 valence electrons. The number of carbonyl (C=O) groups excluding carboxylic acids is 1. The van der Waals surface area contributed by atoms with Crippen LogP contribution in [0.25, 0.3) is 10.9 Å². The van der Waals surface area contributed by atoms with Gasteiger partial charge in [0, 0.05) is 17.2 Å². The number of aromatic nitrogens is 3. The first-order valence-corrected chi connectivity index (χ1v) is 8.17. The predicted octanol–water partition coefficient (Wildman–Crippen LogP) is 3.16. The molecule has 0 unspecified atom stereocenters. The number of hydrogen-bond acceptors (Lipinski definition) is 4. The van der Waals surface area contributed by atoms with Gasteiger partial charge in [-0.05, 0) is 19.1 Å². The maximum absolute atomic E-state index is 11.9. The van der Waals surface area contributed by atoms with Crippen molar-refractivity contribution < 1.29 is 4.79 Å². The van der Waals surface area contributed by atoms with Crippen molar-refractivity contribution in [3.05, 3.63) is 45.5 Å². The summed E-state index contributed by atoms with van der Waals surface area (Å²) in [4.78, 5) is 16.2. The van der Waals surface area contributed by atoms with Crippen molar-refractivity contribution in [3.8, 4) is 0 Å². The molecule has 0 aliphatic heterocycles. The molecule has 7 heteroatoms. The quantitative estimate of drug-likeness (QED) is 0.779. The Hall–Kier alpha value is -1.92. The number of nitrogens with zero attached hydrogens (tertiary/aromatic N) is 3. The summed E-state index contributed by atoms with van der Waals surface area (Å²) in [5, 5.41) is 11.7. The fraction of sp³-hybridized carbons (Fsp3) is 0.267. The fourth-order valence-electron chi connectivity index (χ4n) is 2.22. The Morgan fingerprint density at radius 2 is 2.32 bits per heavy atom. The number of rotatable bonds is 5. The Kier molecular flexibility index (Phi) is 4.40. The van der Waals surface area contributed by atoms with Gasteiger partial charge in [0.1, 0.15) is 0 Å². The van der Waals surface area contributed by atoms with Crippen LogP contribution in [0.5, 0.6) is 0 Å². The number of amides is 1. The van der Waals surface area contributed by atoms with E-state index in [1.54, 1.807) is 22.2 Å². The van der Waals surface area contributed by atoms with Crippen LogP contribution < -0.4 is 5.32 Å². The minimum absolute atomic E-state index is 0.0173. The molecule has 1 amide bonds. The van der Waals surface area contributed by atoms with Crippen molar-refractivity contribution in [1.82, 2.24) is 20.1 Å². The largest absolute Gasteiger partial charge is 0.350 e. The second kappa shape index (κ2) is 6.46. The molecule has 0 spiro atoms. The lowest BCUT2D eigenvalue weighted by molar-refractivity contribution is -0.121. The molecule has 0 aliphatic rings. The lowest BCUT2D eigenvalue weighted by atomic mass is 10.2. The molecule has 0 saturated heterocycles. The summed E-state index contributed by atoms with van der Waals surface area (Å²) >= 11 is 7.70. The Bertz CT molecular complexity index is 811. The van der Waals surface area contributed by atoms with Crippen molar-refractivity contribution in [2.75, 3.05) is 0 Å². The van der Waals surface area contributed by atoms with E-state index in [1.165, 1.54) is 0 Å². The summed E-state index contributed by atoms with van der Waals surface area (Å²) in [6, 6.07) is 5.66. The van der Waals surface area contributed by atoms with Crippen molar-refractivity contribution in [2.24, 2.45) is 0 Å². The Morgan fingerprint density at radius 3 is 3.09 bits per heavy atom. The molecule has 3 rings (SSSR count). The van der Waals surface area contributed by atoms with E-state index < -0.39 is 0 Å². The molecule has 0 bridgehead atoms. The van der Waals surface area contributed by atoms with Crippen LogP contribution in [0.2, 0.25) is 5.02 Å². The highest BCUT2D eigenvalue weighted by Crippen LogP contribution is 2.22. The molecule has 2 aromatic heterocycles. The monoisotopic (exact) mass is 334 g/mol. The summed E-state index contributed by atoms with van der Waals surface area (Å²) in [5.41, 5.74) is 1.84. The highest BCUT2D eigenvalue weighted by molar-refractivity contribution is 7.09. The molecule has 2 heterocycles. The highest BCUT2D eigenvalue weighted by Gasteiger charge is 2.08. The zero-order valence-corrected chi connectivity index (χ0v) is 13.6. The predicted molar refractivity (Wildman–Crippen MR) is 88.1 cm³/mol. The van der Waals surface area contributed by atoms with Crippen LogP contribution in [0.3, 0.4) is 0 Å². The maximum atomic E-state index is 11.9. The van der Waals surface area contributed by atoms with Gasteiger partial charge in [0.05, 0.1) is 40.5 Å². The minimum atomic E-state index is -0.0173. The van der Waals surface area contributed by atoms with E-state index in [-0.39, 0.29) is 5.91 Å². The summed E-state index contributed by atoms with van der Waals surface area (Å²) < 4.78 is 1.80.